The fourth-order valence-corrected chi connectivity index (χ4v) is 2.55. The Balaban J connectivity index is 0.000000283. The van der Waals surface area contributed by atoms with Gasteiger partial charge in [0.25, 0.3) is 0 Å². The second kappa shape index (κ2) is 8.84. The summed E-state index contributed by atoms with van der Waals surface area (Å²) in [5.74, 6) is 0. The molecule has 114 valence electrons. The van der Waals surface area contributed by atoms with Crippen LogP contribution >= 0.6 is 0 Å². The molecule has 1 unspecified atom stereocenters. The van der Waals surface area contributed by atoms with Gasteiger partial charge < -0.3 is 35.2 Å². The maximum absolute atomic E-state index is 4.20. The predicted octanol–water partition coefficient (Wildman–Crippen LogP) is 4.65. The zero-order valence-corrected chi connectivity index (χ0v) is 13.2. The van der Waals surface area contributed by atoms with Crippen LogP contribution in [0.5, 0.6) is 0 Å². The van der Waals surface area contributed by atoms with Crippen molar-refractivity contribution in [3.63, 3.8) is 0 Å². The molecule has 0 aliphatic carbocycles. The third kappa shape index (κ3) is 4.70. The molecule has 1 atom stereocenters. The molecule has 1 aliphatic rings. The molecule has 1 heterocycles. The summed E-state index contributed by atoms with van der Waals surface area (Å²) in [6.07, 6.45) is 3.98. The van der Waals surface area contributed by atoms with E-state index in [2.05, 4.69) is 42.7 Å². The molecule has 1 saturated heterocycles. The molecule has 20 heavy (non-hydrogen) atoms. The molecule has 1 aliphatic heterocycles. The third-order valence-electron chi connectivity index (χ3n) is 3.70. The quantitative estimate of drug-likeness (QED) is 0.576. The average Bonchev–Trinajstić information content (AvgIpc) is 3.14. The van der Waals surface area contributed by atoms with Crippen molar-refractivity contribution in [2.24, 2.45) is 0 Å². The van der Waals surface area contributed by atoms with Crippen molar-refractivity contribution >= 4 is 5.70 Å². The van der Waals surface area contributed by atoms with Gasteiger partial charge >= 0.3 is 0 Å². The zero-order chi connectivity index (χ0) is 13.5. The van der Waals surface area contributed by atoms with Crippen LogP contribution in [0.1, 0.15) is 31.7 Å². The normalized spacial score (nSPS) is 17.6. The van der Waals surface area contributed by atoms with Gasteiger partial charge in [-0.2, -0.15) is 12.1 Å². The topological polar surface area (TPSA) is 3.24 Å². The summed E-state index contributed by atoms with van der Waals surface area (Å²) in [6, 6.07) is 19.1. The average molecular weight is 309 g/mol. The Morgan fingerprint density at radius 1 is 1.10 bits per heavy atom. The second-order valence-electron chi connectivity index (χ2n) is 5.12. The molecule has 0 saturated carbocycles. The number of hydrogen-bond donors (Lipinski definition) is 0. The van der Waals surface area contributed by atoms with Gasteiger partial charge in [0.2, 0.25) is 0 Å². The van der Waals surface area contributed by atoms with Crippen molar-refractivity contribution in [1.29, 1.82) is 0 Å². The molecule has 1 fully saturated rings. The molecular weight excluding hydrogens is 286 g/mol. The smallest absolute Gasteiger partial charge is 0.0245 e. The Hall–Kier alpha value is -1.24. The summed E-state index contributed by atoms with van der Waals surface area (Å²) in [7, 11) is 0. The van der Waals surface area contributed by atoms with E-state index in [4.69, 9.17) is 0 Å². The van der Waals surface area contributed by atoms with E-state index in [-0.39, 0.29) is 17.1 Å². The van der Waals surface area contributed by atoms with Crippen LogP contribution in [-0.4, -0.2) is 17.5 Å². The van der Waals surface area contributed by atoms with Crippen LogP contribution in [0.3, 0.4) is 0 Å². The van der Waals surface area contributed by atoms with Crippen LogP contribution in [0.25, 0.3) is 5.70 Å². The number of hydrogen-bond acceptors (Lipinski definition) is 1. The number of piperidine rings is 1. The molecule has 0 bridgehead atoms. The summed E-state index contributed by atoms with van der Waals surface area (Å²) < 4.78 is 0. The van der Waals surface area contributed by atoms with Crippen LogP contribution in [0.15, 0.2) is 61.2 Å². The van der Waals surface area contributed by atoms with E-state index in [1.807, 2.05) is 30.3 Å². The van der Waals surface area contributed by atoms with Gasteiger partial charge in [-0.3, -0.25) is 0 Å². The minimum absolute atomic E-state index is 0. The number of rotatable bonds is 2. The van der Waals surface area contributed by atoms with Gasteiger partial charge in [-0.05, 0) is 31.9 Å². The van der Waals surface area contributed by atoms with Gasteiger partial charge in [0.15, 0.2) is 0 Å². The van der Waals surface area contributed by atoms with E-state index in [1.54, 1.807) is 0 Å². The molecule has 3 rings (SSSR count). The van der Waals surface area contributed by atoms with Crippen LogP contribution < -0.4 is 0 Å². The molecule has 0 amide bonds. The minimum Gasteiger partial charge on any atom is -0.748 e. The third-order valence-corrected chi connectivity index (χ3v) is 3.70. The fourth-order valence-electron chi connectivity index (χ4n) is 2.55. The molecule has 2 aromatic carbocycles. The Bertz CT molecular complexity index is 438. The number of nitrogens with zero attached hydrogens (tertiary/aromatic N) is 1. The summed E-state index contributed by atoms with van der Waals surface area (Å²) in [4.78, 5) is 2.44. The second-order valence-corrected chi connectivity index (χ2v) is 5.12. The zero-order valence-electron chi connectivity index (χ0n) is 12.1. The predicted molar refractivity (Wildman–Crippen MR) is 83.1 cm³/mol. The van der Waals surface area contributed by atoms with E-state index < -0.39 is 0 Å². The minimum atomic E-state index is 0. The van der Waals surface area contributed by atoms with Crippen molar-refractivity contribution in [1.82, 2.24) is 4.90 Å². The Morgan fingerprint density at radius 2 is 1.65 bits per heavy atom. The van der Waals surface area contributed by atoms with Gasteiger partial charge in [-0.1, -0.05) is 5.56 Å². The molecule has 1 nitrogen and oxygen atoms in total. The van der Waals surface area contributed by atoms with Gasteiger partial charge in [0.1, 0.15) is 0 Å². The largest absolute Gasteiger partial charge is 0.748 e. The van der Waals surface area contributed by atoms with E-state index in [9.17, 15) is 0 Å². The van der Waals surface area contributed by atoms with Crippen molar-refractivity contribution in [2.75, 3.05) is 6.54 Å². The van der Waals surface area contributed by atoms with E-state index >= 15 is 0 Å². The standard InChI is InChI=1S/C13H18N.C5H5.Fe/c1-11-7-5-6-10-14(11)12(2)13-8-3-4-9-13;1-2-4-5-3-1;/h3-4,8-9,11H,2,5-7,10H2,1H3;1-5H;/q-1;-5;. The molecular formula is C18H23FeN-6. The van der Waals surface area contributed by atoms with Crippen LogP contribution in [0, 0.1) is 0 Å². The van der Waals surface area contributed by atoms with Crippen LogP contribution in [0.4, 0.5) is 0 Å². The van der Waals surface area contributed by atoms with E-state index in [0.29, 0.717) is 6.04 Å². The van der Waals surface area contributed by atoms with Crippen molar-refractivity contribution in [3.05, 3.63) is 66.7 Å². The van der Waals surface area contributed by atoms with Gasteiger partial charge in [0.05, 0.1) is 0 Å². The first kappa shape index (κ1) is 16.8. The molecule has 0 spiro atoms. The van der Waals surface area contributed by atoms with Crippen molar-refractivity contribution < 1.29 is 17.1 Å². The Kier molecular flexibility index (Phi) is 7.43. The summed E-state index contributed by atoms with van der Waals surface area (Å²) in [6.45, 7) is 7.67. The Morgan fingerprint density at radius 3 is 2.15 bits per heavy atom. The van der Waals surface area contributed by atoms with Crippen LogP contribution in [0.2, 0.25) is 0 Å². The van der Waals surface area contributed by atoms with E-state index in [0.717, 1.165) is 0 Å². The first-order valence-electron chi connectivity index (χ1n) is 7.13. The molecule has 2 heteroatoms. The SMILES string of the molecule is C=C([c-]1cccc1)N1CCCCC1C.[Fe].[cH-]1[cH-][cH-][cH-][cH-]1. The molecule has 0 N–H and O–H groups in total. The molecule has 2 aromatic rings. The van der Waals surface area contributed by atoms with E-state index in [1.165, 1.54) is 37.1 Å². The monoisotopic (exact) mass is 309 g/mol. The first-order chi connectivity index (χ1) is 9.29. The molecule has 0 aromatic heterocycles. The summed E-state index contributed by atoms with van der Waals surface area (Å²) in [5, 5.41) is 0. The van der Waals surface area contributed by atoms with Crippen molar-refractivity contribution in [3.8, 4) is 0 Å². The van der Waals surface area contributed by atoms with Crippen LogP contribution in [-0.2, 0) is 17.1 Å². The summed E-state index contributed by atoms with van der Waals surface area (Å²) >= 11 is 0. The summed E-state index contributed by atoms with van der Waals surface area (Å²) in [5.41, 5.74) is 2.47. The maximum Gasteiger partial charge on any atom is 0.0245 e. The number of likely N-dealkylation sites (tertiary alicyclic amines) is 1. The van der Waals surface area contributed by atoms with Gasteiger partial charge in [0, 0.05) is 29.7 Å². The maximum atomic E-state index is 4.20. The van der Waals surface area contributed by atoms with Crippen molar-refractivity contribution in [2.45, 2.75) is 32.2 Å². The van der Waals surface area contributed by atoms with Gasteiger partial charge in [-0.15, -0.1) is 18.7 Å². The first-order valence-corrected chi connectivity index (χ1v) is 7.13. The fraction of sp³-hybridized carbons (Fsp3) is 0.333. The molecule has 0 radical (unpaired) electrons. The van der Waals surface area contributed by atoms with Gasteiger partial charge in [-0.25, -0.2) is 0 Å². The Labute approximate surface area is 133 Å².